The molecule has 0 spiro atoms. The van der Waals surface area contributed by atoms with E-state index in [1.54, 1.807) is 0 Å². The summed E-state index contributed by atoms with van der Waals surface area (Å²) in [5.41, 5.74) is 0. The van der Waals surface area contributed by atoms with Crippen LogP contribution in [0, 0.1) is 0 Å². The fraction of sp³-hybridized carbons (Fsp3) is 0. The molecule has 0 aromatic heterocycles. The van der Waals surface area contributed by atoms with Crippen LogP contribution in [0.15, 0.2) is 0 Å². The fourth-order valence-electron chi connectivity index (χ4n) is 0. The zero-order chi connectivity index (χ0) is 0. The van der Waals surface area contributed by atoms with E-state index in [4.69, 9.17) is 0 Å². The van der Waals surface area contributed by atoms with E-state index >= 15 is 0 Å². The Labute approximate surface area is 89.5 Å². The maximum atomic E-state index is 0. The van der Waals surface area contributed by atoms with Gasteiger partial charge in [0.1, 0.15) is 0 Å². The third kappa shape index (κ3) is 19.9. The van der Waals surface area contributed by atoms with Gasteiger partial charge in [0.15, 0.2) is 0 Å². The van der Waals surface area contributed by atoms with E-state index < -0.39 is 0 Å². The number of hydrogen-bond acceptors (Lipinski definition) is 0. The first-order chi connectivity index (χ1) is 0. The maximum Gasteiger partial charge on any atom is 0 e. The van der Waals surface area contributed by atoms with Crippen molar-refractivity contribution in [1.82, 2.24) is 0 Å². The molecule has 0 N–H and O–H groups in total. The molecule has 0 nitrogen and oxygen atoms in total. The molecule has 0 atom stereocenters. The third-order valence-corrected chi connectivity index (χ3v) is 0. The van der Waals surface area contributed by atoms with Gasteiger partial charge >= 0.3 is 0 Å². The standard InChI is InChI=1S/Cr.Cu.Ni.Pd.Zn. The van der Waals surface area contributed by atoms with Gasteiger partial charge in [-0.15, -0.1) is 0 Å². The largest absolute Gasteiger partial charge is 0 e. The van der Waals surface area contributed by atoms with Crippen molar-refractivity contribution in [2.75, 3.05) is 0 Å². The first-order valence-corrected chi connectivity index (χ1v) is 0. The van der Waals surface area contributed by atoms with E-state index in [0.29, 0.717) is 0 Å². The van der Waals surface area contributed by atoms with Crippen molar-refractivity contribution in [3.05, 3.63) is 0 Å². The first-order valence-electron chi connectivity index (χ1n) is 0. The van der Waals surface area contributed by atoms with Gasteiger partial charge in [-0.25, -0.2) is 0 Å². The summed E-state index contributed by atoms with van der Waals surface area (Å²) in [4.78, 5) is 0. The van der Waals surface area contributed by atoms with E-state index in [2.05, 4.69) is 0 Å². The molecule has 39 valence electrons. The molecule has 0 aliphatic heterocycles. The van der Waals surface area contributed by atoms with Gasteiger partial charge < -0.3 is 0 Å². The Kier molecular flexibility index (Phi) is 264. The molecule has 0 aliphatic carbocycles. The van der Waals surface area contributed by atoms with E-state index in [-0.39, 0.29) is 90.8 Å². The Balaban J connectivity index is 0. The second-order valence-electron chi connectivity index (χ2n) is 0. The van der Waals surface area contributed by atoms with Gasteiger partial charge in [-0.2, -0.15) is 0 Å². The van der Waals surface area contributed by atoms with Gasteiger partial charge in [-0.1, -0.05) is 0 Å². The second kappa shape index (κ2) is 29.0. The summed E-state index contributed by atoms with van der Waals surface area (Å²) in [6.07, 6.45) is 0. The van der Waals surface area contributed by atoms with Crippen LogP contribution in [-0.4, -0.2) is 0 Å². The molecule has 0 fully saturated rings. The van der Waals surface area contributed by atoms with E-state index in [9.17, 15) is 0 Å². The second-order valence-corrected chi connectivity index (χ2v) is 0. The van der Waals surface area contributed by atoms with Crippen molar-refractivity contribution in [3.8, 4) is 0 Å². The molecule has 0 aromatic carbocycles. The van der Waals surface area contributed by atoms with Crippen LogP contribution < -0.4 is 0 Å². The molecule has 1 radical (unpaired) electrons. The number of rotatable bonds is 0. The average Bonchev–Trinajstić information content (AvgIpc) is 0. The molecule has 0 amide bonds. The minimum absolute atomic E-state index is 0. The third-order valence-electron chi connectivity index (χ3n) is 0. The first kappa shape index (κ1) is 45.6. The minimum atomic E-state index is 0. The Morgan fingerprint density at radius 1 is 1.00 bits per heavy atom. The number of hydrogen-bond donors (Lipinski definition) is 0. The van der Waals surface area contributed by atoms with Crippen molar-refractivity contribution in [3.63, 3.8) is 0 Å². The molecule has 0 aromatic rings. The summed E-state index contributed by atoms with van der Waals surface area (Å²) in [5.74, 6) is 0. The molecule has 0 heterocycles. The van der Waals surface area contributed by atoms with Crippen molar-refractivity contribution < 1.29 is 90.8 Å². The van der Waals surface area contributed by atoms with Crippen LogP contribution in [0.4, 0.5) is 0 Å². The molecular formula is CrCuNiPdZn. The molecule has 0 rings (SSSR count). The van der Waals surface area contributed by atoms with Gasteiger partial charge in [0, 0.05) is 90.8 Å². The SMILES string of the molecule is [Cr].[Cu].[Ni].[Pd].[Zn]. The van der Waals surface area contributed by atoms with Gasteiger partial charge in [0.25, 0.3) is 0 Å². The normalized spacial score (nSPS) is 0. The van der Waals surface area contributed by atoms with Crippen LogP contribution in [0.5, 0.6) is 0 Å². The van der Waals surface area contributed by atoms with Crippen molar-refractivity contribution in [2.45, 2.75) is 0 Å². The van der Waals surface area contributed by atoms with Gasteiger partial charge in [0.05, 0.1) is 0 Å². The van der Waals surface area contributed by atoms with Gasteiger partial charge in [-0.05, 0) is 0 Å². The van der Waals surface area contributed by atoms with Crippen molar-refractivity contribution >= 4 is 0 Å². The zero-order valence-electron chi connectivity index (χ0n) is 2.05. The van der Waals surface area contributed by atoms with Gasteiger partial charge in [-0.3, -0.25) is 0 Å². The molecule has 0 bridgehead atoms. The Morgan fingerprint density at radius 3 is 1.00 bits per heavy atom. The average molecular weight is 346 g/mol. The van der Waals surface area contributed by atoms with Gasteiger partial charge in [0.2, 0.25) is 0 Å². The van der Waals surface area contributed by atoms with Crippen LogP contribution in [0.2, 0.25) is 0 Å². The summed E-state index contributed by atoms with van der Waals surface area (Å²) in [7, 11) is 0. The smallest absolute Gasteiger partial charge is 0 e. The van der Waals surface area contributed by atoms with E-state index in [0.717, 1.165) is 0 Å². The van der Waals surface area contributed by atoms with Crippen LogP contribution in [-0.2, 0) is 90.8 Å². The molecule has 0 saturated heterocycles. The van der Waals surface area contributed by atoms with Crippen LogP contribution in [0.25, 0.3) is 0 Å². The molecule has 0 saturated carbocycles. The summed E-state index contributed by atoms with van der Waals surface area (Å²) in [6, 6.07) is 0. The molecule has 5 heteroatoms. The molecule has 0 unspecified atom stereocenters. The minimum Gasteiger partial charge on any atom is 0 e. The Morgan fingerprint density at radius 2 is 1.00 bits per heavy atom. The van der Waals surface area contributed by atoms with Crippen LogP contribution >= 0.6 is 0 Å². The molecular weight excluding hydrogens is 346 g/mol. The van der Waals surface area contributed by atoms with Crippen LogP contribution in [0.3, 0.4) is 0 Å². The summed E-state index contributed by atoms with van der Waals surface area (Å²) < 4.78 is 0. The Bertz CT molecular complexity index is 11.6. The maximum absolute atomic E-state index is 0. The van der Waals surface area contributed by atoms with Crippen LogP contribution in [0.1, 0.15) is 0 Å². The summed E-state index contributed by atoms with van der Waals surface area (Å²) in [6.45, 7) is 0. The predicted molar refractivity (Wildman–Crippen MR) is 0 cm³/mol. The van der Waals surface area contributed by atoms with Crippen molar-refractivity contribution in [1.29, 1.82) is 0 Å². The fourth-order valence-corrected chi connectivity index (χ4v) is 0. The summed E-state index contributed by atoms with van der Waals surface area (Å²) in [5, 5.41) is 0. The topological polar surface area (TPSA) is 0 Å². The monoisotopic (exact) mass is 343 g/mol. The molecule has 0 aliphatic rings. The van der Waals surface area contributed by atoms with Crippen molar-refractivity contribution in [2.24, 2.45) is 0 Å². The van der Waals surface area contributed by atoms with E-state index in [1.807, 2.05) is 0 Å². The van der Waals surface area contributed by atoms with E-state index in [1.165, 1.54) is 0 Å². The Hall–Kier alpha value is 2.83. The quantitative estimate of drug-likeness (QED) is 0.542. The molecule has 5 heavy (non-hydrogen) atoms. The predicted octanol–water partition coefficient (Wildman–Crippen LogP) is -0.0125. The zero-order valence-corrected chi connectivity index (χ0v) is 9.78. The summed E-state index contributed by atoms with van der Waals surface area (Å²) >= 11 is 0.